The smallest absolute Gasteiger partial charge is 0.145 e. The molecule has 124 valence electrons. The Labute approximate surface area is 137 Å². The highest BCUT2D eigenvalue weighted by molar-refractivity contribution is 5.94. The number of aromatic nitrogens is 1. The molecule has 1 saturated heterocycles. The molecule has 1 aromatic heterocycles. The van der Waals surface area contributed by atoms with Gasteiger partial charge in [0, 0.05) is 18.5 Å². The first-order valence-corrected chi connectivity index (χ1v) is 7.96. The summed E-state index contributed by atoms with van der Waals surface area (Å²) >= 11 is 0. The quantitative estimate of drug-likeness (QED) is 0.870. The Balaban J connectivity index is 2.13. The molecule has 2 atom stereocenters. The van der Waals surface area contributed by atoms with Crippen LogP contribution in [0.4, 0.5) is 5.82 Å². The van der Waals surface area contributed by atoms with Gasteiger partial charge in [-0.15, -0.1) is 0 Å². The van der Waals surface area contributed by atoms with Crippen LogP contribution >= 0.6 is 0 Å². The Morgan fingerprint density at radius 1 is 1.09 bits per heavy atom. The van der Waals surface area contributed by atoms with Gasteiger partial charge in [-0.2, -0.15) is 0 Å². The number of nitrogens with zero attached hydrogens (tertiary/aromatic N) is 2. The topological polar surface area (TPSA) is 43.8 Å². The fourth-order valence-electron chi connectivity index (χ4n) is 3.32. The van der Waals surface area contributed by atoms with Crippen molar-refractivity contribution in [1.29, 1.82) is 0 Å². The van der Waals surface area contributed by atoms with Crippen molar-refractivity contribution in [3.63, 3.8) is 0 Å². The SMILES string of the molecule is COc1ccc(OC)c2c(C)cc(N3CC(C)OC(C)C3)nc12. The summed E-state index contributed by atoms with van der Waals surface area (Å²) < 4.78 is 16.8. The third kappa shape index (κ3) is 2.93. The molecule has 2 aromatic rings. The van der Waals surface area contributed by atoms with Gasteiger partial charge in [-0.25, -0.2) is 4.98 Å². The Kier molecular flexibility index (Phi) is 4.31. The molecule has 5 nitrogen and oxygen atoms in total. The molecule has 0 spiro atoms. The third-order valence-corrected chi connectivity index (χ3v) is 4.25. The van der Waals surface area contributed by atoms with E-state index in [0.29, 0.717) is 0 Å². The average molecular weight is 316 g/mol. The summed E-state index contributed by atoms with van der Waals surface area (Å²) in [6.45, 7) is 7.96. The molecule has 5 heteroatoms. The van der Waals surface area contributed by atoms with Gasteiger partial charge >= 0.3 is 0 Å². The molecule has 2 unspecified atom stereocenters. The molecule has 0 radical (unpaired) electrons. The van der Waals surface area contributed by atoms with Crippen LogP contribution in [0.2, 0.25) is 0 Å². The largest absolute Gasteiger partial charge is 0.496 e. The molecule has 0 amide bonds. The van der Waals surface area contributed by atoms with Gasteiger partial charge in [-0.1, -0.05) is 0 Å². The number of hydrogen-bond acceptors (Lipinski definition) is 5. The summed E-state index contributed by atoms with van der Waals surface area (Å²) in [5, 5.41) is 1.00. The second kappa shape index (κ2) is 6.24. The molecular weight excluding hydrogens is 292 g/mol. The van der Waals surface area contributed by atoms with Crippen LogP contribution in [0.5, 0.6) is 11.5 Å². The van der Waals surface area contributed by atoms with Crippen LogP contribution < -0.4 is 14.4 Å². The fraction of sp³-hybridized carbons (Fsp3) is 0.500. The Morgan fingerprint density at radius 2 is 1.70 bits per heavy atom. The number of benzene rings is 1. The molecule has 3 rings (SSSR count). The van der Waals surface area contributed by atoms with Crippen LogP contribution in [0, 0.1) is 6.92 Å². The van der Waals surface area contributed by atoms with Gasteiger partial charge in [0.2, 0.25) is 0 Å². The minimum atomic E-state index is 0.198. The van der Waals surface area contributed by atoms with Crippen molar-refractivity contribution >= 4 is 16.7 Å². The number of hydrogen-bond donors (Lipinski definition) is 0. The number of pyridine rings is 1. The van der Waals surface area contributed by atoms with Crippen molar-refractivity contribution < 1.29 is 14.2 Å². The lowest BCUT2D eigenvalue weighted by atomic mass is 10.1. The van der Waals surface area contributed by atoms with Crippen LogP contribution in [0.15, 0.2) is 18.2 Å². The van der Waals surface area contributed by atoms with Gasteiger partial charge in [0.15, 0.2) is 0 Å². The van der Waals surface area contributed by atoms with Crippen molar-refractivity contribution in [3.05, 3.63) is 23.8 Å². The molecule has 0 bridgehead atoms. The third-order valence-electron chi connectivity index (χ3n) is 4.25. The van der Waals surface area contributed by atoms with Crippen molar-refractivity contribution in [1.82, 2.24) is 4.98 Å². The van der Waals surface area contributed by atoms with E-state index in [4.69, 9.17) is 19.2 Å². The molecular formula is C18H24N2O3. The highest BCUT2D eigenvalue weighted by Crippen LogP contribution is 2.36. The number of methoxy groups -OCH3 is 2. The molecule has 2 heterocycles. The van der Waals surface area contributed by atoms with E-state index in [2.05, 4.69) is 31.7 Å². The van der Waals surface area contributed by atoms with Gasteiger partial charge in [-0.3, -0.25) is 0 Å². The van der Waals surface area contributed by atoms with E-state index < -0.39 is 0 Å². The van der Waals surface area contributed by atoms with Gasteiger partial charge in [-0.05, 0) is 44.5 Å². The highest BCUT2D eigenvalue weighted by atomic mass is 16.5. The Hall–Kier alpha value is -2.01. The van der Waals surface area contributed by atoms with Crippen molar-refractivity contribution in [3.8, 4) is 11.5 Å². The first-order chi connectivity index (χ1) is 11.0. The lowest BCUT2D eigenvalue weighted by Gasteiger charge is -2.36. The normalized spacial score (nSPS) is 21.5. The summed E-state index contributed by atoms with van der Waals surface area (Å²) in [5.41, 5.74) is 1.97. The van der Waals surface area contributed by atoms with Gasteiger partial charge in [0.25, 0.3) is 0 Å². The van der Waals surface area contributed by atoms with Crippen LogP contribution in [0.3, 0.4) is 0 Å². The van der Waals surface area contributed by atoms with Crippen LogP contribution in [-0.2, 0) is 4.74 Å². The number of fused-ring (bicyclic) bond motifs is 1. The van der Waals surface area contributed by atoms with E-state index in [1.165, 1.54) is 0 Å². The van der Waals surface area contributed by atoms with Crippen LogP contribution in [0.1, 0.15) is 19.4 Å². The first-order valence-electron chi connectivity index (χ1n) is 7.96. The predicted molar refractivity (Wildman–Crippen MR) is 91.8 cm³/mol. The second-order valence-electron chi connectivity index (χ2n) is 6.15. The van der Waals surface area contributed by atoms with E-state index in [-0.39, 0.29) is 12.2 Å². The van der Waals surface area contributed by atoms with E-state index in [1.807, 2.05) is 12.1 Å². The summed E-state index contributed by atoms with van der Waals surface area (Å²) in [6, 6.07) is 5.95. The fourth-order valence-corrected chi connectivity index (χ4v) is 3.32. The van der Waals surface area contributed by atoms with E-state index in [9.17, 15) is 0 Å². The molecule has 1 aliphatic rings. The highest BCUT2D eigenvalue weighted by Gasteiger charge is 2.24. The monoisotopic (exact) mass is 316 g/mol. The van der Waals surface area contributed by atoms with E-state index >= 15 is 0 Å². The summed E-state index contributed by atoms with van der Waals surface area (Å²) in [7, 11) is 3.35. The molecule has 0 saturated carbocycles. The van der Waals surface area contributed by atoms with Crippen LogP contribution in [0.25, 0.3) is 10.9 Å². The van der Waals surface area contributed by atoms with Gasteiger partial charge in [0.1, 0.15) is 22.8 Å². The maximum Gasteiger partial charge on any atom is 0.145 e. The van der Waals surface area contributed by atoms with E-state index in [1.54, 1.807) is 14.2 Å². The van der Waals surface area contributed by atoms with Crippen molar-refractivity contribution in [2.45, 2.75) is 33.0 Å². The number of rotatable bonds is 3. The lowest BCUT2D eigenvalue weighted by molar-refractivity contribution is -0.00544. The molecule has 0 aliphatic carbocycles. The standard InChI is InChI=1S/C18H24N2O3/c1-11-8-16(20-9-12(2)23-13(3)10-20)19-18-15(22-5)7-6-14(21-4)17(11)18/h6-8,12-13H,9-10H2,1-5H3. The minimum Gasteiger partial charge on any atom is -0.496 e. The lowest BCUT2D eigenvalue weighted by Crippen LogP contribution is -2.45. The number of anilines is 1. The predicted octanol–water partition coefficient (Wildman–Crippen LogP) is 3.17. The molecule has 0 N–H and O–H groups in total. The Morgan fingerprint density at radius 3 is 2.30 bits per heavy atom. The maximum atomic E-state index is 5.82. The minimum absolute atomic E-state index is 0.198. The number of aryl methyl sites for hydroxylation is 1. The maximum absolute atomic E-state index is 5.82. The number of morpholine rings is 1. The molecule has 1 fully saturated rings. The Bertz CT molecular complexity index is 707. The summed E-state index contributed by atoms with van der Waals surface area (Å²) in [5.74, 6) is 2.55. The zero-order valence-corrected chi connectivity index (χ0v) is 14.4. The van der Waals surface area contributed by atoms with E-state index in [0.717, 1.165) is 46.9 Å². The van der Waals surface area contributed by atoms with Gasteiger partial charge < -0.3 is 19.1 Å². The summed E-state index contributed by atoms with van der Waals surface area (Å²) in [4.78, 5) is 7.16. The molecule has 23 heavy (non-hydrogen) atoms. The average Bonchev–Trinajstić information content (AvgIpc) is 2.52. The molecule has 1 aliphatic heterocycles. The second-order valence-corrected chi connectivity index (χ2v) is 6.15. The summed E-state index contributed by atoms with van der Waals surface area (Å²) in [6.07, 6.45) is 0.396. The first kappa shape index (κ1) is 15.9. The van der Waals surface area contributed by atoms with Crippen LogP contribution in [-0.4, -0.2) is 44.5 Å². The molecule has 1 aromatic carbocycles. The zero-order valence-electron chi connectivity index (χ0n) is 14.4. The van der Waals surface area contributed by atoms with Crippen molar-refractivity contribution in [2.75, 3.05) is 32.2 Å². The van der Waals surface area contributed by atoms with Crippen molar-refractivity contribution in [2.24, 2.45) is 0 Å². The van der Waals surface area contributed by atoms with Gasteiger partial charge in [0.05, 0.1) is 26.4 Å². The number of ether oxygens (including phenoxy) is 3. The zero-order chi connectivity index (χ0) is 16.6.